The highest BCUT2D eigenvalue weighted by molar-refractivity contribution is 5.95. The Balaban J connectivity index is 0.000000219. The first-order valence-electron chi connectivity index (χ1n) is 13.4. The molecule has 0 aliphatic carbocycles. The van der Waals surface area contributed by atoms with Gasteiger partial charge in [0.05, 0.1) is 5.52 Å². The van der Waals surface area contributed by atoms with Crippen molar-refractivity contribution in [3.05, 3.63) is 96.3 Å². The number of fused-ring (bicyclic) bond motifs is 1. The Morgan fingerprint density at radius 2 is 1.56 bits per heavy atom. The van der Waals surface area contributed by atoms with Crippen molar-refractivity contribution in [2.75, 3.05) is 47.7 Å². The number of pyridine rings is 1. The van der Waals surface area contributed by atoms with Crippen LogP contribution in [0.3, 0.4) is 0 Å². The molecule has 0 saturated carbocycles. The van der Waals surface area contributed by atoms with E-state index >= 15 is 0 Å². The van der Waals surface area contributed by atoms with Crippen molar-refractivity contribution in [2.24, 2.45) is 0 Å². The third kappa shape index (κ3) is 8.66. The Hall–Kier alpha value is -5.18. The second kappa shape index (κ2) is 14.8. The summed E-state index contributed by atoms with van der Waals surface area (Å²) < 4.78 is 0. The molecule has 0 bridgehead atoms. The van der Waals surface area contributed by atoms with Crippen molar-refractivity contribution in [3.8, 4) is 0 Å². The van der Waals surface area contributed by atoms with Gasteiger partial charge in [-0.2, -0.15) is 4.98 Å². The van der Waals surface area contributed by atoms with Gasteiger partial charge in [0.15, 0.2) is 0 Å². The van der Waals surface area contributed by atoms with Gasteiger partial charge in [0.1, 0.15) is 12.1 Å². The minimum Gasteiger partial charge on any atom is -0.388 e. The first-order chi connectivity index (χ1) is 19.8. The van der Waals surface area contributed by atoms with Gasteiger partial charge in [-0.3, -0.25) is 9.78 Å². The van der Waals surface area contributed by atoms with Crippen molar-refractivity contribution < 1.29 is 4.79 Å². The summed E-state index contributed by atoms with van der Waals surface area (Å²) in [6.07, 6.45) is 2.63. The molecule has 0 atom stereocenters. The molecule has 0 aliphatic heterocycles. The van der Waals surface area contributed by atoms with E-state index in [1.165, 1.54) is 0 Å². The van der Waals surface area contributed by atoms with Gasteiger partial charge in [-0.25, -0.2) is 4.98 Å². The molecule has 0 fully saturated rings. The van der Waals surface area contributed by atoms with Crippen LogP contribution in [-0.4, -0.2) is 42.4 Å². The number of anilines is 7. The molecule has 2 heterocycles. The van der Waals surface area contributed by atoms with E-state index in [0.717, 1.165) is 51.3 Å². The molecule has 5 rings (SSSR count). The summed E-state index contributed by atoms with van der Waals surface area (Å²) in [6.45, 7) is 5.84. The number of nitrogens with two attached hydrogens (primary N) is 1. The zero-order valence-electron chi connectivity index (χ0n) is 24.4. The molecule has 0 amide bonds. The lowest BCUT2D eigenvalue weighted by molar-refractivity contribution is 0.112. The Morgan fingerprint density at radius 3 is 2.22 bits per heavy atom. The van der Waals surface area contributed by atoms with Gasteiger partial charge in [-0.1, -0.05) is 26.0 Å². The molecular formula is C32H38N8O. The average Bonchev–Trinajstić information content (AvgIpc) is 2.98. The molecule has 5 N–H and O–H groups in total. The van der Waals surface area contributed by atoms with Gasteiger partial charge in [0.25, 0.3) is 0 Å². The van der Waals surface area contributed by atoms with Crippen LogP contribution in [0.5, 0.6) is 0 Å². The average molecular weight is 551 g/mol. The highest BCUT2D eigenvalue weighted by Crippen LogP contribution is 2.28. The van der Waals surface area contributed by atoms with Crippen LogP contribution in [0.25, 0.3) is 10.9 Å². The van der Waals surface area contributed by atoms with Crippen LogP contribution < -0.4 is 26.6 Å². The van der Waals surface area contributed by atoms with Crippen LogP contribution in [0.2, 0.25) is 0 Å². The third-order valence-electron chi connectivity index (χ3n) is 5.86. The van der Waals surface area contributed by atoms with E-state index in [0.29, 0.717) is 11.4 Å². The number of nitrogen functional groups attached to an aromatic ring is 1. The van der Waals surface area contributed by atoms with Gasteiger partial charge in [-0.15, -0.1) is 0 Å². The zero-order chi connectivity index (χ0) is 29.8. The number of nitrogens with one attached hydrogen (secondary N) is 3. The highest BCUT2D eigenvalue weighted by atomic mass is 16.1. The molecule has 0 unspecified atom stereocenters. The third-order valence-corrected chi connectivity index (χ3v) is 5.86. The number of rotatable bonds is 7. The second-order valence-electron chi connectivity index (χ2n) is 9.03. The number of hydrogen-bond acceptors (Lipinski definition) is 9. The van der Waals surface area contributed by atoms with Gasteiger partial charge in [0, 0.05) is 78.5 Å². The summed E-state index contributed by atoms with van der Waals surface area (Å²) in [6, 6.07) is 25.4. The molecule has 2 aromatic heterocycles. The van der Waals surface area contributed by atoms with E-state index in [9.17, 15) is 4.79 Å². The van der Waals surface area contributed by atoms with Crippen LogP contribution in [0.1, 0.15) is 29.9 Å². The maximum absolute atomic E-state index is 10.6. The lowest BCUT2D eigenvalue weighted by atomic mass is 10.1. The molecule has 212 valence electrons. The summed E-state index contributed by atoms with van der Waals surface area (Å²) in [5.41, 5.74) is 13.1. The van der Waals surface area contributed by atoms with Crippen molar-refractivity contribution in [2.45, 2.75) is 20.8 Å². The summed E-state index contributed by atoms with van der Waals surface area (Å²) in [5, 5.41) is 10.8. The Labute approximate surface area is 241 Å². The van der Waals surface area contributed by atoms with Crippen molar-refractivity contribution in [1.82, 2.24) is 15.0 Å². The Morgan fingerprint density at radius 1 is 0.829 bits per heavy atom. The highest BCUT2D eigenvalue weighted by Gasteiger charge is 2.05. The number of aryl methyl sites for hydroxylation is 1. The van der Waals surface area contributed by atoms with E-state index in [1.807, 2.05) is 60.2 Å². The largest absolute Gasteiger partial charge is 0.388 e. The van der Waals surface area contributed by atoms with E-state index < -0.39 is 0 Å². The van der Waals surface area contributed by atoms with Gasteiger partial charge < -0.3 is 26.6 Å². The smallest absolute Gasteiger partial charge is 0.222 e. The number of aldehydes is 1. The molecule has 5 aromatic rings. The molecule has 0 spiro atoms. The molecular weight excluding hydrogens is 512 g/mol. The molecule has 9 nitrogen and oxygen atoms in total. The van der Waals surface area contributed by atoms with Gasteiger partial charge in [-0.05, 0) is 67.6 Å². The first kappa shape index (κ1) is 30.4. The van der Waals surface area contributed by atoms with E-state index in [-0.39, 0.29) is 5.95 Å². The number of carbonyl (C=O) groups is 1. The van der Waals surface area contributed by atoms with Crippen LogP contribution in [0.4, 0.5) is 40.2 Å². The molecule has 0 saturated heterocycles. The summed E-state index contributed by atoms with van der Waals surface area (Å²) in [5.74, 6) is 0.831. The molecule has 0 aliphatic rings. The fraction of sp³-hybridized carbons (Fsp3) is 0.188. The molecule has 3 aromatic carbocycles. The predicted octanol–water partition coefficient (Wildman–Crippen LogP) is 7.04. The van der Waals surface area contributed by atoms with Crippen molar-refractivity contribution in [1.29, 1.82) is 0 Å². The number of carbonyl (C=O) groups excluding carboxylic acids is 1. The van der Waals surface area contributed by atoms with Crippen molar-refractivity contribution in [3.63, 3.8) is 0 Å². The van der Waals surface area contributed by atoms with Crippen molar-refractivity contribution >= 4 is 57.4 Å². The van der Waals surface area contributed by atoms with Gasteiger partial charge >= 0.3 is 0 Å². The lowest BCUT2D eigenvalue weighted by Gasteiger charge is -2.15. The molecule has 41 heavy (non-hydrogen) atoms. The summed E-state index contributed by atoms with van der Waals surface area (Å²) >= 11 is 0. The van der Waals surface area contributed by atoms with Crippen LogP contribution in [0, 0.1) is 6.92 Å². The normalized spacial score (nSPS) is 9.90. The summed E-state index contributed by atoms with van der Waals surface area (Å²) in [4.78, 5) is 25.2. The number of aromatic nitrogens is 3. The topological polar surface area (TPSA) is 121 Å². The van der Waals surface area contributed by atoms with Gasteiger partial charge in [0.2, 0.25) is 5.95 Å². The molecule has 9 heteroatoms. The Kier molecular flexibility index (Phi) is 11.0. The SMILES string of the molecule is CC.CNc1ccc(Nc2ccnc3ccc(N(C)C)cc23)cc1.Cc1cc(Nc2cccc(C=O)c2)nc(N)n1. The van der Waals surface area contributed by atoms with E-state index in [1.54, 1.807) is 24.3 Å². The maximum Gasteiger partial charge on any atom is 0.222 e. The van der Waals surface area contributed by atoms with E-state index in [4.69, 9.17) is 5.73 Å². The first-order valence-corrected chi connectivity index (χ1v) is 13.4. The predicted molar refractivity (Wildman–Crippen MR) is 173 cm³/mol. The molecule has 0 radical (unpaired) electrons. The van der Waals surface area contributed by atoms with Crippen LogP contribution >= 0.6 is 0 Å². The quantitative estimate of drug-likeness (QED) is 0.158. The minimum absolute atomic E-state index is 0.221. The Bertz CT molecular complexity index is 1550. The van der Waals surface area contributed by atoms with Crippen LogP contribution in [0.15, 0.2) is 85.1 Å². The lowest BCUT2D eigenvalue weighted by Crippen LogP contribution is -2.08. The number of nitrogens with zero attached hydrogens (tertiary/aromatic N) is 4. The maximum atomic E-state index is 10.6. The van der Waals surface area contributed by atoms with E-state index in [2.05, 4.69) is 78.3 Å². The fourth-order valence-electron chi connectivity index (χ4n) is 3.89. The standard InChI is InChI=1S/C18H20N4.C12H12N4O.C2H6/c1-19-13-4-6-14(7-5-13)21-18-10-11-20-17-9-8-15(22(2)3)12-16(17)18;1-8-5-11(16-12(13)14-8)15-10-4-2-3-9(6-10)7-17;1-2/h4-12,19H,1-3H3,(H,20,21);2-7H,1H3,(H3,13,14,15,16);1-2H3. The fourth-order valence-corrected chi connectivity index (χ4v) is 3.89. The monoisotopic (exact) mass is 550 g/mol. The number of benzene rings is 3. The van der Waals surface area contributed by atoms with Crippen LogP contribution in [-0.2, 0) is 0 Å². The summed E-state index contributed by atoms with van der Waals surface area (Å²) in [7, 11) is 6.00. The minimum atomic E-state index is 0.221. The number of hydrogen-bond donors (Lipinski definition) is 4. The zero-order valence-corrected chi connectivity index (χ0v) is 24.4. The second-order valence-corrected chi connectivity index (χ2v) is 9.03.